The van der Waals surface area contributed by atoms with E-state index in [-0.39, 0.29) is 28.7 Å². The minimum Gasteiger partial charge on any atom is -0.481 e. The van der Waals surface area contributed by atoms with Gasteiger partial charge in [-0.1, -0.05) is 0 Å². The molecule has 0 amide bonds. The van der Waals surface area contributed by atoms with E-state index < -0.39 is 15.8 Å². The highest BCUT2D eigenvalue weighted by molar-refractivity contribution is 7.92. The smallest absolute Gasteiger partial charge is 0.321 e. The molecule has 0 unspecified atom stereocenters. The van der Waals surface area contributed by atoms with Crippen molar-refractivity contribution in [2.24, 2.45) is 4.99 Å². The van der Waals surface area contributed by atoms with Crippen molar-refractivity contribution in [3.05, 3.63) is 30.3 Å². The summed E-state index contributed by atoms with van der Waals surface area (Å²) in [5.41, 5.74) is 0.586. The van der Waals surface area contributed by atoms with Crippen LogP contribution in [0.1, 0.15) is 13.8 Å². The van der Waals surface area contributed by atoms with Crippen molar-refractivity contribution in [1.29, 1.82) is 0 Å². The predicted molar refractivity (Wildman–Crippen MR) is 105 cm³/mol. The molecule has 29 heavy (non-hydrogen) atoms. The zero-order chi connectivity index (χ0) is 21.1. The van der Waals surface area contributed by atoms with Crippen LogP contribution in [0.2, 0.25) is 0 Å². The number of aliphatic imine (C=N–C) groups is 1. The summed E-state index contributed by atoms with van der Waals surface area (Å²) >= 11 is 0. The Morgan fingerprint density at radius 3 is 2.52 bits per heavy atom. The number of aromatic nitrogens is 2. The molecule has 0 saturated carbocycles. The van der Waals surface area contributed by atoms with Crippen molar-refractivity contribution < 1.29 is 27.4 Å². The number of anilines is 1. The van der Waals surface area contributed by atoms with E-state index in [0.717, 1.165) is 0 Å². The van der Waals surface area contributed by atoms with Gasteiger partial charge in [0.05, 0.1) is 31.4 Å². The number of nitrogens with one attached hydrogen (secondary N) is 1. The zero-order valence-corrected chi connectivity index (χ0v) is 17.3. The van der Waals surface area contributed by atoms with Gasteiger partial charge in [0.1, 0.15) is 6.10 Å². The molecule has 1 aliphatic rings. The van der Waals surface area contributed by atoms with Crippen LogP contribution in [0.15, 0.2) is 40.2 Å². The van der Waals surface area contributed by atoms with E-state index in [1.165, 1.54) is 32.4 Å². The minimum absolute atomic E-state index is 0.0203. The van der Waals surface area contributed by atoms with Crippen LogP contribution in [-0.4, -0.2) is 57.3 Å². The standard InChI is InChI=1S/C18H22N4O6S/c1-18(2)27-11-13(28-18)10-19-12-5-7-14(8-6-12)29(23,24)22-15-9-16(25-3)21-17(20-15)26-4/h5-10,13H,11H2,1-4H3,(H,20,21,22)/t13-/m0/s1. The molecule has 0 radical (unpaired) electrons. The monoisotopic (exact) mass is 422 g/mol. The molecule has 156 valence electrons. The molecule has 2 aromatic rings. The van der Waals surface area contributed by atoms with Crippen LogP contribution in [0.3, 0.4) is 0 Å². The van der Waals surface area contributed by atoms with Gasteiger partial charge in [0.15, 0.2) is 11.6 Å². The van der Waals surface area contributed by atoms with Crippen molar-refractivity contribution in [2.45, 2.75) is 30.6 Å². The Bertz CT molecular complexity index is 970. The third-order valence-electron chi connectivity index (χ3n) is 3.88. The molecule has 10 nitrogen and oxygen atoms in total. The van der Waals surface area contributed by atoms with Gasteiger partial charge < -0.3 is 18.9 Å². The molecule has 1 saturated heterocycles. The molecule has 3 rings (SSSR count). The number of ether oxygens (including phenoxy) is 4. The quantitative estimate of drug-likeness (QED) is 0.674. The van der Waals surface area contributed by atoms with Crippen molar-refractivity contribution in [2.75, 3.05) is 25.5 Å². The first-order valence-electron chi connectivity index (χ1n) is 8.67. The van der Waals surface area contributed by atoms with Crippen LogP contribution in [0.5, 0.6) is 11.9 Å². The van der Waals surface area contributed by atoms with Crippen LogP contribution in [-0.2, 0) is 19.5 Å². The first kappa shape index (κ1) is 21.0. The summed E-state index contributed by atoms with van der Waals surface area (Å²) in [6.07, 6.45) is 1.38. The second-order valence-corrected chi connectivity index (χ2v) is 8.21. The lowest BCUT2D eigenvalue weighted by molar-refractivity contribution is -0.130. The van der Waals surface area contributed by atoms with Gasteiger partial charge in [-0.25, -0.2) is 8.42 Å². The van der Waals surface area contributed by atoms with Gasteiger partial charge >= 0.3 is 6.01 Å². The SMILES string of the molecule is COc1cc(NS(=O)(=O)c2ccc(N=C[C@H]3COC(C)(C)O3)cc2)nc(OC)n1. The Balaban J connectivity index is 1.72. The highest BCUT2D eigenvalue weighted by Crippen LogP contribution is 2.24. The average Bonchev–Trinajstić information content (AvgIpc) is 3.04. The van der Waals surface area contributed by atoms with Crippen molar-refractivity contribution in [3.8, 4) is 11.9 Å². The van der Waals surface area contributed by atoms with Crippen LogP contribution in [0, 0.1) is 0 Å². The summed E-state index contributed by atoms with van der Waals surface area (Å²) < 4.78 is 48.7. The largest absolute Gasteiger partial charge is 0.481 e. The third kappa shape index (κ3) is 5.40. The number of nitrogens with zero attached hydrogens (tertiary/aromatic N) is 3. The third-order valence-corrected chi connectivity index (χ3v) is 5.25. The fourth-order valence-corrected chi connectivity index (χ4v) is 3.51. The molecule has 1 aromatic carbocycles. The predicted octanol–water partition coefficient (Wildman–Crippen LogP) is 2.15. The van der Waals surface area contributed by atoms with Gasteiger partial charge in [-0.3, -0.25) is 9.71 Å². The van der Waals surface area contributed by atoms with Crippen molar-refractivity contribution in [3.63, 3.8) is 0 Å². The number of sulfonamides is 1. The fraction of sp³-hybridized carbons (Fsp3) is 0.389. The van der Waals surface area contributed by atoms with Gasteiger partial charge in [0.25, 0.3) is 10.0 Å². The Kier molecular flexibility index (Phi) is 6.01. The molecule has 1 N–H and O–H groups in total. The summed E-state index contributed by atoms with van der Waals surface area (Å²) in [6.45, 7) is 4.07. The highest BCUT2D eigenvalue weighted by atomic mass is 32.2. The molecule has 0 bridgehead atoms. The van der Waals surface area contributed by atoms with Crippen LogP contribution < -0.4 is 14.2 Å². The van der Waals surface area contributed by atoms with Gasteiger partial charge in [0, 0.05) is 12.3 Å². The van der Waals surface area contributed by atoms with Gasteiger partial charge in [-0.15, -0.1) is 0 Å². The average molecular weight is 422 g/mol. The Morgan fingerprint density at radius 1 is 1.21 bits per heavy atom. The summed E-state index contributed by atoms with van der Waals surface area (Å²) in [6, 6.07) is 7.40. The lowest BCUT2D eigenvalue weighted by Crippen LogP contribution is -2.21. The van der Waals surface area contributed by atoms with E-state index in [9.17, 15) is 8.42 Å². The summed E-state index contributed by atoms with van der Waals surface area (Å²) in [5.74, 6) is -0.440. The van der Waals surface area contributed by atoms with E-state index in [0.29, 0.717) is 12.3 Å². The first-order chi connectivity index (χ1) is 13.7. The van der Waals surface area contributed by atoms with Crippen LogP contribution >= 0.6 is 0 Å². The number of hydrogen-bond acceptors (Lipinski definition) is 9. The first-order valence-corrected chi connectivity index (χ1v) is 10.1. The summed E-state index contributed by atoms with van der Waals surface area (Å²) in [4.78, 5) is 12.2. The number of hydrogen-bond donors (Lipinski definition) is 1. The zero-order valence-electron chi connectivity index (χ0n) is 16.4. The van der Waals surface area contributed by atoms with Gasteiger partial charge in [0.2, 0.25) is 5.88 Å². The maximum absolute atomic E-state index is 12.6. The molecular weight excluding hydrogens is 400 g/mol. The Morgan fingerprint density at radius 2 is 1.93 bits per heavy atom. The molecule has 11 heteroatoms. The second kappa shape index (κ2) is 8.31. The number of benzene rings is 1. The Labute approximate surface area is 169 Å². The van der Waals surface area contributed by atoms with E-state index in [1.807, 2.05) is 13.8 Å². The normalized spacial score (nSPS) is 18.7. The lowest BCUT2D eigenvalue weighted by atomic mass is 10.3. The van der Waals surface area contributed by atoms with Crippen molar-refractivity contribution >= 4 is 27.7 Å². The summed E-state index contributed by atoms with van der Waals surface area (Å²) in [7, 11) is -1.10. The summed E-state index contributed by atoms with van der Waals surface area (Å²) in [5, 5.41) is 0. The van der Waals surface area contributed by atoms with E-state index in [4.69, 9.17) is 18.9 Å². The van der Waals surface area contributed by atoms with Crippen LogP contribution in [0.4, 0.5) is 11.5 Å². The van der Waals surface area contributed by atoms with Crippen molar-refractivity contribution in [1.82, 2.24) is 9.97 Å². The maximum atomic E-state index is 12.6. The Hall–Kier alpha value is -2.76. The van der Waals surface area contributed by atoms with Crippen LogP contribution in [0.25, 0.3) is 0 Å². The number of rotatable bonds is 7. The van der Waals surface area contributed by atoms with E-state index in [2.05, 4.69) is 19.7 Å². The molecule has 0 aliphatic carbocycles. The molecular formula is C18H22N4O6S. The van der Waals surface area contributed by atoms with E-state index >= 15 is 0 Å². The minimum atomic E-state index is -3.87. The molecule has 1 fully saturated rings. The number of methoxy groups -OCH3 is 2. The molecule has 2 heterocycles. The maximum Gasteiger partial charge on any atom is 0.321 e. The molecule has 1 aliphatic heterocycles. The molecule has 1 aromatic heterocycles. The topological polar surface area (TPSA) is 121 Å². The molecule has 0 spiro atoms. The van der Waals surface area contributed by atoms with Gasteiger partial charge in [-0.2, -0.15) is 9.97 Å². The lowest BCUT2D eigenvalue weighted by Gasteiger charge is -2.15. The fourth-order valence-electron chi connectivity index (χ4n) is 2.52. The highest BCUT2D eigenvalue weighted by Gasteiger charge is 2.31. The van der Waals surface area contributed by atoms with Gasteiger partial charge in [-0.05, 0) is 38.1 Å². The molecule has 1 atom stereocenters. The second-order valence-electron chi connectivity index (χ2n) is 6.53. The van der Waals surface area contributed by atoms with E-state index in [1.54, 1.807) is 18.3 Å².